The van der Waals surface area contributed by atoms with Gasteiger partial charge >= 0.3 is 0 Å². The fraction of sp³-hybridized carbons (Fsp3) is 0.333. The maximum Gasteiger partial charge on any atom is 0.251 e. The molecule has 28 heavy (non-hydrogen) atoms. The Balaban J connectivity index is 2.70. The van der Waals surface area contributed by atoms with E-state index in [0.717, 1.165) is 0 Å². The second kappa shape index (κ2) is 10.5. The van der Waals surface area contributed by atoms with E-state index in [-0.39, 0.29) is 5.56 Å². The Morgan fingerprint density at radius 1 is 1.00 bits per heavy atom. The second-order valence-electron chi connectivity index (χ2n) is 5.42. The Kier molecular flexibility index (Phi) is 8.74. The Hall–Kier alpha value is -2.79. The van der Waals surface area contributed by atoms with Gasteiger partial charge < -0.3 is 44.4 Å². The van der Waals surface area contributed by atoms with E-state index < -0.39 is 63.1 Å². The van der Waals surface area contributed by atoms with Crippen LogP contribution in [-0.2, 0) is 23.5 Å². The van der Waals surface area contributed by atoms with Crippen molar-refractivity contribution in [1.29, 1.82) is 0 Å². The molecular weight excluding hydrogens is 399 g/mol. The molecule has 0 radical (unpaired) electrons. The van der Waals surface area contributed by atoms with E-state index in [2.05, 4.69) is 4.52 Å². The van der Waals surface area contributed by atoms with E-state index in [1.165, 1.54) is 29.4 Å². The molecule has 0 aliphatic carbocycles. The number of rotatable bonds is 12. The largest absolute Gasteiger partial charge is 0.766 e. The van der Waals surface area contributed by atoms with Crippen molar-refractivity contribution >= 4 is 31.6 Å². The maximum atomic E-state index is 11.9. The number of nitrogens with one attached hydrogen (secondary N) is 2. The van der Waals surface area contributed by atoms with Gasteiger partial charge in [0.25, 0.3) is 5.91 Å². The number of aliphatic carboxylic acids is 3. The predicted molar refractivity (Wildman–Crippen MR) is 82.4 cm³/mol. The molecule has 3 atom stereocenters. The molecule has 0 aromatic heterocycles. The molecular formula is C15H15N2O10P-4. The average Bonchev–Trinajstić information content (AvgIpc) is 2.62. The van der Waals surface area contributed by atoms with Gasteiger partial charge in [0, 0.05) is 11.5 Å². The van der Waals surface area contributed by atoms with Gasteiger partial charge in [-0.25, -0.2) is 5.09 Å². The zero-order valence-electron chi connectivity index (χ0n) is 14.2. The summed E-state index contributed by atoms with van der Waals surface area (Å²) < 4.78 is 16.2. The van der Waals surface area contributed by atoms with Crippen molar-refractivity contribution < 1.29 is 48.5 Å². The van der Waals surface area contributed by atoms with E-state index in [9.17, 15) is 44.0 Å². The van der Waals surface area contributed by atoms with Crippen molar-refractivity contribution in [3.63, 3.8) is 0 Å². The normalized spacial score (nSPS) is 15.0. The third-order valence-corrected chi connectivity index (χ3v) is 4.39. The molecule has 0 fully saturated rings. The molecule has 0 heterocycles. The number of amides is 1. The first kappa shape index (κ1) is 23.2. The van der Waals surface area contributed by atoms with E-state index >= 15 is 0 Å². The Bertz CT molecular complexity index is 769. The fourth-order valence-electron chi connectivity index (χ4n) is 1.90. The lowest BCUT2D eigenvalue weighted by molar-refractivity contribution is -0.312. The summed E-state index contributed by atoms with van der Waals surface area (Å²) in [7, 11) is -5.15. The summed E-state index contributed by atoms with van der Waals surface area (Å²) >= 11 is 0. The highest BCUT2D eigenvalue weighted by Crippen LogP contribution is 2.32. The van der Waals surface area contributed by atoms with Crippen molar-refractivity contribution in [3.8, 4) is 0 Å². The summed E-state index contributed by atoms with van der Waals surface area (Å²) in [4.78, 5) is 56.0. The number of hydrogen-bond donors (Lipinski definition) is 2. The van der Waals surface area contributed by atoms with E-state index in [0.29, 0.717) is 0 Å². The zero-order valence-corrected chi connectivity index (χ0v) is 15.1. The number of carbonyl (C=O) groups excluding carboxylic acids is 4. The Morgan fingerprint density at radius 2 is 1.57 bits per heavy atom. The van der Waals surface area contributed by atoms with Crippen LogP contribution in [0.5, 0.6) is 0 Å². The third-order valence-electron chi connectivity index (χ3n) is 3.27. The summed E-state index contributed by atoms with van der Waals surface area (Å²) in [6, 6.07) is 3.59. The summed E-state index contributed by atoms with van der Waals surface area (Å²) in [5.41, 5.74) is 0.0940. The summed E-state index contributed by atoms with van der Waals surface area (Å²) in [5, 5.41) is 35.8. The van der Waals surface area contributed by atoms with E-state index in [1.54, 1.807) is 6.07 Å². The third kappa shape index (κ3) is 8.27. The predicted octanol–water partition coefficient (Wildman–Crippen LogP) is -4.74. The molecule has 13 heteroatoms. The summed E-state index contributed by atoms with van der Waals surface area (Å²) in [6.45, 7) is -1.10. The molecule has 0 spiro atoms. The molecule has 154 valence electrons. The van der Waals surface area contributed by atoms with Crippen molar-refractivity contribution in [2.45, 2.75) is 24.9 Å². The molecule has 0 aliphatic rings. The molecule has 1 rings (SSSR count). The van der Waals surface area contributed by atoms with Crippen LogP contribution in [0.1, 0.15) is 23.2 Å². The zero-order chi connectivity index (χ0) is 21.3. The van der Waals surface area contributed by atoms with E-state index in [4.69, 9.17) is 0 Å². The van der Waals surface area contributed by atoms with E-state index in [1.807, 2.05) is 5.32 Å². The lowest BCUT2D eigenvalue weighted by atomic mass is 10.2. The topological polar surface area (TPSA) is 211 Å². The van der Waals surface area contributed by atoms with Crippen LogP contribution < -0.4 is 30.6 Å². The highest BCUT2D eigenvalue weighted by molar-refractivity contribution is 7.49. The van der Waals surface area contributed by atoms with Crippen LogP contribution in [0, 0.1) is 0 Å². The van der Waals surface area contributed by atoms with Crippen molar-refractivity contribution in [2.75, 3.05) is 6.61 Å². The maximum absolute atomic E-state index is 11.9. The molecule has 0 saturated heterocycles. The number of carboxylic acid groups (broad SMARTS) is 3. The van der Waals surface area contributed by atoms with Gasteiger partial charge in [0.15, 0.2) is 0 Å². The first-order valence-electron chi connectivity index (χ1n) is 7.72. The van der Waals surface area contributed by atoms with Crippen LogP contribution in [0.3, 0.4) is 0 Å². The van der Waals surface area contributed by atoms with Crippen molar-refractivity contribution in [1.82, 2.24) is 10.4 Å². The lowest BCUT2D eigenvalue weighted by Crippen LogP contribution is -2.51. The molecule has 2 N–H and O–H groups in total. The average molecular weight is 414 g/mol. The van der Waals surface area contributed by atoms with Crippen LogP contribution in [0.25, 0.3) is 0 Å². The Labute approximate surface area is 158 Å². The van der Waals surface area contributed by atoms with Crippen LogP contribution in [-0.4, -0.2) is 42.5 Å². The van der Waals surface area contributed by atoms with Crippen molar-refractivity contribution in [3.05, 3.63) is 35.9 Å². The highest BCUT2D eigenvalue weighted by atomic mass is 31.2. The van der Waals surface area contributed by atoms with Gasteiger partial charge in [-0.3, -0.25) is 9.36 Å². The standard InChI is InChI=1S/C15H19N2O10P/c18-12(19)7-6-10(14(21)22)17-28(25,26)27-8-11(15(23)24)16-13(20)9-4-2-1-3-5-9/h1-5,10-11H,6-8H2,(H,16,20)(H,18,19)(H,21,22)(H,23,24)(H2,17,25,26)/p-4/t10-,11-/m0/s1. The minimum atomic E-state index is -5.15. The second-order valence-corrected chi connectivity index (χ2v) is 6.93. The van der Waals surface area contributed by atoms with Crippen LogP contribution in [0.2, 0.25) is 0 Å². The first-order valence-corrected chi connectivity index (χ1v) is 9.27. The van der Waals surface area contributed by atoms with Gasteiger partial charge in [0.2, 0.25) is 7.75 Å². The molecule has 0 bridgehead atoms. The minimum Gasteiger partial charge on any atom is -0.766 e. The molecule has 0 saturated carbocycles. The highest BCUT2D eigenvalue weighted by Gasteiger charge is 2.21. The van der Waals surface area contributed by atoms with Crippen LogP contribution in [0.15, 0.2) is 30.3 Å². The smallest absolute Gasteiger partial charge is 0.251 e. The molecule has 1 aromatic rings. The molecule has 12 nitrogen and oxygen atoms in total. The van der Waals surface area contributed by atoms with Crippen molar-refractivity contribution in [2.24, 2.45) is 0 Å². The number of carboxylic acids is 3. The first-order chi connectivity index (χ1) is 13.0. The summed E-state index contributed by atoms with van der Waals surface area (Å²) in [5.74, 6) is -6.23. The quantitative estimate of drug-likeness (QED) is 0.310. The number of carbonyl (C=O) groups is 4. The van der Waals surface area contributed by atoms with Gasteiger partial charge in [-0.05, 0) is 25.0 Å². The van der Waals surface area contributed by atoms with Crippen LogP contribution in [0.4, 0.5) is 0 Å². The van der Waals surface area contributed by atoms with Gasteiger partial charge in [-0.1, -0.05) is 18.2 Å². The summed E-state index contributed by atoms with van der Waals surface area (Å²) in [6.07, 6.45) is -1.46. The van der Waals surface area contributed by atoms with Gasteiger partial charge in [-0.15, -0.1) is 0 Å². The number of hydrogen-bond acceptors (Lipinski definition) is 10. The van der Waals surface area contributed by atoms with Crippen LogP contribution >= 0.6 is 7.75 Å². The molecule has 1 unspecified atom stereocenters. The monoisotopic (exact) mass is 414 g/mol. The number of benzene rings is 1. The molecule has 0 aliphatic heterocycles. The fourth-order valence-corrected chi connectivity index (χ4v) is 2.93. The Morgan fingerprint density at radius 3 is 2.07 bits per heavy atom. The van der Waals surface area contributed by atoms with Gasteiger partial charge in [-0.2, -0.15) is 0 Å². The SMILES string of the molecule is O=C([O-])CC[C@H](NP(=O)([O-])OC[C@H](NC(=O)c1ccccc1)C(=O)[O-])C(=O)[O-]. The van der Waals surface area contributed by atoms with Gasteiger partial charge in [0.05, 0.1) is 30.6 Å². The minimum absolute atomic E-state index is 0.0940. The molecule has 1 aromatic carbocycles. The van der Waals surface area contributed by atoms with Gasteiger partial charge in [0.1, 0.15) is 0 Å². The molecule has 1 amide bonds. The lowest BCUT2D eigenvalue weighted by Gasteiger charge is -2.31.